The van der Waals surface area contributed by atoms with Gasteiger partial charge in [0.2, 0.25) is 5.91 Å². The van der Waals surface area contributed by atoms with Gasteiger partial charge in [-0.2, -0.15) is 0 Å². The molecular weight excluding hydrogens is 262 g/mol. The number of hydrogen-bond acceptors (Lipinski definition) is 3. The van der Waals surface area contributed by atoms with Gasteiger partial charge < -0.3 is 4.90 Å². The first kappa shape index (κ1) is 14.5. The quantitative estimate of drug-likeness (QED) is 0.855. The average Bonchev–Trinajstić information content (AvgIpc) is 3.16. The van der Waals surface area contributed by atoms with Gasteiger partial charge in [0.25, 0.3) is 0 Å². The van der Waals surface area contributed by atoms with Crippen LogP contribution >= 0.6 is 0 Å². The molecule has 1 saturated heterocycles. The van der Waals surface area contributed by atoms with Gasteiger partial charge in [-0.05, 0) is 31.7 Å². The number of carbonyl (C=O) groups excluding carboxylic acids is 1. The molecule has 0 spiro atoms. The topological polar surface area (TPSA) is 46.1 Å². The molecular formula is C17H25N3O. The fraction of sp³-hybridized carbons (Fsp3) is 0.706. The molecule has 114 valence electrons. The smallest absolute Gasteiger partial charge is 0.222 e. The van der Waals surface area contributed by atoms with Crippen molar-refractivity contribution in [3.63, 3.8) is 0 Å². The molecule has 1 aromatic heterocycles. The van der Waals surface area contributed by atoms with Crippen LogP contribution in [0, 0.1) is 12.8 Å². The molecule has 2 heterocycles. The van der Waals surface area contributed by atoms with Crippen LogP contribution in [0.4, 0.5) is 0 Å². The number of amides is 1. The first-order chi connectivity index (χ1) is 10.2. The van der Waals surface area contributed by atoms with Gasteiger partial charge >= 0.3 is 0 Å². The van der Waals surface area contributed by atoms with Crippen molar-refractivity contribution >= 4 is 5.91 Å². The Morgan fingerprint density at radius 2 is 2.14 bits per heavy atom. The molecule has 1 aliphatic carbocycles. The van der Waals surface area contributed by atoms with Gasteiger partial charge in [0.1, 0.15) is 5.82 Å². The van der Waals surface area contributed by atoms with Gasteiger partial charge in [0.05, 0.1) is 0 Å². The summed E-state index contributed by atoms with van der Waals surface area (Å²) < 4.78 is 0. The minimum atomic E-state index is 0.320. The summed E-state index contributed by atoms with van der Waals surface area (Å²) in [6, 6.07) is 1.92. The van der Waals surface area contributed by atoms with E-state index in [2.05, 4.69) is 9.97 Å². The molecule has 4 heteroatoms. The van der Waals surface area contributed by atoms with E-state index in [9.17, 15) is 4.79 Å². The third kappa shape index (κ3) is 3.60. The molecule has 1 aromatic rings. The minimum absolute atomic E-state index is 0.320. The van der Waals surface area contributed by atoms with E-state index in [1.807, 2.05) is 24.1 Å². The van der Waals surface area contributed by atoms with E-state index in [1.54, 1.807) is 0 Å². The van der Waals surface area contributed by atoms with Gasteiger partial charge in [0.15, 0.2) is 0 Å². The Hall–Kier alpha value is -1.45. The maximum absolute atomic E-state index is 12.3. The molecule has 1 atom stereocenters. The van der Waals surface area contributed by atoms with Crippen LogP contribution in [0.3, 0.4) is 0 Å². The van der Waals surface area contributed by atoms with E-state index >= 15 is 0 Å². The van der Waals surface area contributed by atoms with Crippen molar-refractivity contribution in [1.82, 2.24) is 14.9 Å². The van der Waals surface area contributed by atoms with Crippen molar-refractivity contribution in [2.45, 2.75) is 57.8 Å². The van der Waals surface area contributed by atoms with Gasteiger partial charge in [-0.15, -0.1) is 0 Å². The molecule has 3 rings (SSSR count). The standard InChI is InChI=1S/C17H25N3O/c1-13-8-10-18-17(19-13)15-9-11-20(12-15)16(21)7-6-14-4-2-3-5-14/h8,10,14-15H,2-7,9,11-12H2,1H3/t15-/m0/s1. The monoisotopic (exact) mass is 287 g/mol. The van der Waals surface area contributed by atoms with Crippen molar-refractivity contribution < 1.29 is 4.79 Å². The Kier molecular flexibility index (Phi) is 4.51. The van der Waals surface area contributed by atoms with Crippen LogP contribution in [0.5, 0.6) is 0 Å². The van der Waals surface area contributed by atoms with E-state index in [0.717, 1.165) is 49.8 Å². The molecule has 2 aliphatic rings. The first-order valence-corrected chi connectivity index (χ1v) is 8.29. The highest BCUT2D eigenvalue weighted by atomic mass is 16.2. The summed E-state index contributed by atoms with van der Waals surface area (Å²) in [5, 5.41) is 0. The van der Waals surface area contributed by atoms with E-state index in [1.165, 1.54) is 25.7 Å². The van der Waals surface area contributed by atoms with E-state index < -0.39 is 0 Å². The number of carbonyl (C=O) groups is 1. The van der Waals surface area contributed by atoms with Gasteiger partial charge in [-0.1, -0.05) is 25.7 Å². The number of aryl methyl sites for hydroxylation is 1. The average molecular weight is 287 g/mol. The van der Waals surface area contributed by atoms with Crippen LogP contribution in [0.15, 0.2) is 12.3 Å². The highest BCUT2D eigenvalue weighted by molar-refractivity contribution is 5.76. The first-order valence-electron chi connectivity index (χ1n) is 8.29. The van der Waals surface area contributed by atoms with E-state index in [4.69, 9.17) is 0 Å². The molecule has 0 aromatic carbocycles. The van der Waals surface area contributed by atoms with Crippen LogP contribution in [0.1, 0.15) is 62.4 Å². The lowest BCUT2D eigenvalue weighted by atomic mass is 10.0. The summed E-state index contributed by atoms with van der Waals surface area (Å²) in [4.78, 5) is 23.2. The summed E-state index contributed by atoms with van der Waals surface area (Å²) in [6.07, 6.45) is 10.00. The Labute approximate surface area is 127 Å². The summed E-state index contributed by atoms with van der Waals surface area (Å²) in [7, 11) is 0. The zero-order valence-electron chi connectivity index (χ0n) is 12.9. The number of likely N-dealkylation sites (tertiary alicyclic amines) is 1. The summed E-state index contributed by atoms with van der Waals surface area (Å²) in [5.74, 6) is 2.35. The molecule has 0 radical (unpaired) electrons. The summed E-state index contributed by atoms with van der Waals surface area (Å²) in [6.45, 7) is 3.66. The van der Waals surface area contributed by atoms with Gasteiger partial charge in [-0.25, -0.2) is 9.97 Å². The van der Waals surface area contributed by atoms with Crippen LogP contribution in [-0.4, -0.2) is 33.9 Å². The normalized spacial score (nSPS) is 22.9. The Balaban J connectivity index is 1.50. The predicted octanol–water partition coefficient (Wildman–Crippen LogP) is 3.07. The van der Waals surface area contributed by atoms with Crippen molar-refractivity contribution in [1.29, 1.82) is 0 Å². The molecule has 1 saturated carbocycles. The molecule has 0 bridgehead atoms. The van der Waals surface area contributed by atoms with Crippen LogP contribution in [-0.2, 0) is 4.79 Å². The van der Waals surface area contributed by atoms with Crippen molar-refractivity contribution in [3.8, 4) is 0 Å². The lowest BCUT2D eigenvalue weighted by Gasteiger charge is -2.17. The second-order valence-corrected chi connectivity index (χ2v) is 6.57. The predicted molar refractivity (Wildman–Crippen MR) is 81.9 cm³/mol. The minimum Gasteiger partial charge on any atom is -0.342 e. The molecule has 0 N–H and O–H groups in total. The van der Waals surface area contributed by atoms with E-state index in [0.29, 0.717) is 11.8 Å². The molecule has 0 unspecified atom stereocenters. The molecule has 4 nitrogen and oxygen atoms in total. The van der Waals surface area contributed by atoms with Crippen molar-refractivity contribution in [3.05, 3.63) is 23.8 Å². The Morgan fingerprint density at radius 1 is 1.33 bits per heavy atom. The number of hydrogen-bond donors (Lipinski definition) is 0. The zero-order chi connectivity index (χ0) is 14.7. The SMILES string of the molecule is Cc1ccnc([C@H]2CCN(C(=O)CCC3CCCC3)C2)n1. The second kappa shape index (κ2) is 6.54. The van der Waals surface area contributed by atoms with E-state index in [-0.39, 0.29) is 0 Å². The number of aromatic nitrogens is 2. The molecule has 1 aliphatic heterocycles. The summed E-state index contributed by atoms with van der Waals surface area (Å²) >= 11 is 0. The Bertz CT molecular complexity index is 497. The third-order valence-corrected chi connectivity index (χ3v) is 4.96. The molecule has 1 amide bonds. The highest BCUT2D eigenvalue weighted by Crippen LogP contribution is 2.30. The lowest BCUT2D eigenvalue weighted by Crippen LogP contribution is -2.28. The second-order valence-electron chi connectivity index (χ2n) is 6.57. The summed E-state index contributed by atoms with van der Waals surface area (Å²) in [5.41, 5.74) is 1.01. The van der Waals surface area contributed by atoms with Crippen LogP contribution in [0.25, 0.3) is 0 Å². The number of nitrogens with zero attached hydrogens (tertiary/aromatic N) is 3. The van der Waals surface area contributed by atoms with Crippen molar-refractivity contribution in [2.24, 2.45) is 5.92 Å². The lowest BCUT2D eigenvalue weighted by molar-refractivity contribution is -0.130. The zero-order valence-corrected chi connectivity index (χ0v) is 12.9. The van der Waals surface area contributed by atoms with Crippen molar-refractivity contribution in [2.75, 3.05) is 13.1 Å². The van der Waals surface area contributed by atoms with Crippen LogP contribution in [0.2, 0.25) is 0 Å². The largest absolute Gasteiger partial charge is 0.342 e. The maximum atomic E-state index is 12.3. The molecule has 21 heavy (non-hydrogen) atoms. The van der Waals surface area contributed by atoms with Crippen LogP contribution < -0.4 is 0 Å². The van der Waals surface area contributed by atoms with Gasteiger partial charge in [-0.3, -0.25) is 4.79 Å². The highest BCUT2D eigenvalue weighted by Gasteiger charge is 2.29. The fourth-order valence-electron chi connectivity index (χ4n) is 3.65. The molecule has 2 fully saturated rings. The van der Waals surface area contributed by atoms with Gasteiger partial charge in [0, 0.05) is 37.3 Å². The maximum Gasteiger partial charge on any atom is 0.222 e. The number of rotatable bonds is 4. The fourth-order valence-corrected chi connectivity index (χ4v) is 3.65. The third-order valence-electron chi connectivity index (χ3n) is 4.96. The Morgan fingerprint density at radius 3 is 2.90 bits per heavy atom.